The molecule has 266 valence electrons. The van der Waals surface area contributed by atoms with E-state index in [1.54, 1.807) is 0 Å². The number of nitrogens with one attached hydrogen (secondary N) is 1. The monoisotopic (exact) mass is 702 g/mol. The third-order valence-corrected chi connectivity index (χ3v) is 10.1. The number of aliphatic carboxylic acids is 1. The van der Waals surface area contributed by atoms with Crippen LogP contribution >= 0.6 is 0 Å². The molecule has 4 aromatic carbocycles. The van der Waals surface area contributed by atoms with Gasteiger partial charge in [-0.05, 0) is 92.8 Å². The summed E-state index contributed by atoms with van der Waals surface area (Å²) < 4.78 is 5.53. The highest BCUT2D eigenvalue weighted by Crippen LogP contribution is 2.44. The molecule has 12 nitrogen and oxygen atoms in total. The minimum absolute atomic E-state index is 0.0108. The van der Waals surface area contributed by atoms with E-state index in [0.29, 0.717) is 23.7 Å². The van der Waals surface area contributed by atoms with Gasteiger partial charge in [0, 0.05) is 52.0 Å². The number of benzene rings is 4. The maximum atomic E-state index is 13.6. The minimum atomic E-state index is -1.24. The summed E-state index contributed by atoms with van der Waals surface area (Å²) in [6.45, 7) is 0.995. The highest BCUT2D eigenvalue weighted by Gasteiger charge is 2.39. The molecule has 0 saturated heterocycles. The standard InChI is InChI=1S/C40H38N4O8/c1-42(2)19-9-21-44-37(47)29-17-15-27-33-28(16-18-30(34(29)33)38(44)48)36(46)43(35(27)45)20-8-7-14-32(39(49)50)41-40(51)52-22-31-25-12-5-3-10-23(25)24-11-4-6-13-26(24)31/h3-6,10-13,15-18,31-32H,7-9,14,19-22H2,1-2H3,(H,41,51)(H,49,50)/t32-/m0/s1. The third kappa shape index (κ3) is 6.08. The Morgan fingerprint density at radius 2 is 1.15 bits per heavy atom. The fourth-order valence-corrected chi connectivity index (χ4v) is 7.58. The Hall–Kier alpha value is -5.88. The fourth-order valence-electron chi connectivity index (χ4n) is 7.58. The number of unbranched alkanes of at least 4 members (excludes halogenated alkanes) is 1. The number of carbonyl (C=O) groups excluding carboxylic acids is 5. The van der Waals surface area contributed by atoms with E-state index in [-0.39, 0.29) is 67.1 Å². The second-order valence-corrected chi connectivity index (χ2v) is 13.6. The van der Waals surface area contributed by atoms with Gasteiger partial charge in [0.25, 0.3) is 23.6 Å². The molecule has 0 unspecified atom stereocenters. The summed E-state index contributed by atoms with van der Waals surface area (Å²) >= 11 is 0. The maximum Gasteiger partial charge on any atom is 0.407 e. The Morgan fingerprint density at radius 3 is 1.62 bits per heavy atom. The van der Waals surface area contributed by atoms with Crippen LogP contribution in [-0.4, -0.2) is 102 Å². The molecule has 2 aliphatic heterocycles. The Morgan fingerprint density at radius 1 is 0.692 bits per heavy atom. The van der Waals surface area contributed by atoms with Gasteiger partial charge in [0.2, 0.25) is 0 Å². The summed E-state index contributed by atoms with van der Waals surface area (Å²) in [7, 11) is 3.82. The summed E-state index contributed by atoms with van der Waals surface area (Å²) in [6, 6.07) is 20.7. The van der Waals surface area contributed by atoms with E-state index in [2.05, 4.69) is 5.32 Å². The zero-order valence-electron chi connectivity index (χ0n) is 28.9. The summed E-state index contributed by atoms with van der Waals surface area (Å²) in [4.78, 5) is 83.2. The van der Waals surface area contributed by atoms with E-state index < -0.39 is 41.7 Å². The molecular formula is C40H38N4O8. The number of alkyl carbamates (subject to hydrolysis) is 1. The SMILES string of the molecule is CN(C)CCCN1C(=O)c2ccc3c4c(ccc(c24)C1=O)C(=O)N(CCCC[C@H](NC(=O)OCC1c2ccccc2-c2ccccc21)C(=O)O)C3=O. The zero-order chi connectivity index (χ0) is 36.7. The van der Waals surface area contributed by atoms with Crippen molar-refractivity contribution in [1.29, 1.82) is 0 Å². The van der Waals surface area contributed by atoms with Crippen LogP contribution in [0.15, 0.2) is 72.8 Å². The van der Waals surface area contributed by atoms with Gasteiger partial charge in [0.05, 0.1) is 0 Å². The van der Waals surface area contributed by atoms with Gasteiger partial charge in [-0.3, -0.25) is 29.0 Å². The molecule has 12 heteroatoms. The van der Waals surface area contributed by atoms with Gasteiger partial charge in [-0.25, -0.2) is 9.59 Å². The van der Waals surface area contributed by atoms with Crippen molar-refractivity contribution in [3.05, 3.63) is 106 Å². The highest BCUT2D eigenvalue weighted by molar-refractivity contribution is 6.33. The summed E-state index contributed by atoms with van der Waals surface area (Å²) in [5.74, 6) is -3.43. The van der Waals surface area contributed by atoms with Gasteiger partial charge in [-0.1, -0.05) is 48.5 Å². The van der Waals surface area contributed by atoms with Crippen LogP contribution < -0.4 is 5.32 Å². The lowest BCUT2D eigenvalue weighted by molar-refractivity contribution is -0.139. The van der Waals surface area contributed by atoms with Crippen molar-refractivity contribution in [3.8, 4) is 11.1 Å². The number of carbonyl (C=O) groups is 6. The molecule has 7 rings (SSSR count). The van der Waals surface area contributed by atoms with Gasteiger partial charge in [-0.2, -0.15) is 0 Å². The van der Waals surface area contributed by atoms with Crippen molar-refractivity contribution >= 4 is 46.5 Å². The first-order valence-electron chi connectivity index (χ1n) is 17.4. The van der Waals surface area contributed by atoms with Crippen LogP contribution in [0, 0.1) is 0 Å². The molecule has 5 amide bonds. The number of hydrogen-bond donors (Lipinski definition) is 2. The number of hydrogen-bond acceptors (Lipinski definition) is 8. The number of carboxylic acid groups (broad SMARTS) is 1. The lowest BCUT2D eigenvalue weighted by Gasteiger charge is -2.32. The van der Waals surface area contributed by atoms with E-state index in [9.17, 15) is 33.9 Å². The van der Waals surface area contributed by atoms with E-state index >= 15 is 0 Å². The van der Waals surface area contributed by atoms with Gasteiger partial charge < -0.3 is 20.1 Å². The van der Waals surface area contributed by atoms with E-state index in [4.69, 9.17) is 4.74 Å². The first-order valence-corrected chi connectivity index (χ1v) is 17.4. The lowest BCUT2D eigenvalue weighted by atomic mass is 9.86. The topological polar surface area (TPSA) is 154 Å². The first kappa shape index (κ1) is 34.6. The Kier molecular flexibility index (Phi) is 9.33. The van der Waals surface area contributed by atoms with Crippen LogP contribution in [0.5, 0.6) is 0 Å². The van der Waals surface area contributed by atoms with Gasteiger partial charge >= 0.3 is 12.1 Å². The van der Waals surface area contributed by atoms with Crippen LogP contribution in [-0.2, 0) is 9.53 Å². The molecule has 4 aromatic rings. The molecule has 0 aromatic heterocycles. The van der Waals surface area contributed by atoms with Crippen molar-refractivity contribution in [2.45, 2.75) is 37.6 Å². The molecule has 2 N–H and O–H groups in total. The van der Waals surface area contributed by atoms with Crippen molar-refractivity contribution < 1.29 is 38.6 Å². The molecule has 1 atom stereocenters. The van der Waals surface area contributed by atoms with Crippen molar-refractivity contribution in [2.24, 2.45) is 0 Å². The van der Waals surface area contributed by atoms with Crippen LogP contribution in [0.3, 0.4) is 0 Å². The van der Waals surface area contributed by atoms with Crippen LogP contribution in [0.1, 0.15) is 84.2 Å². The molecule has 0 radical (unpaired) electrons. The number of rotatable bonds is 13. The number of carboxylic acids is 1. The normalized spacial score (nSPS) is 15.3. The van der Waals surface area contributed by atoms with Gasteiger partial charge in [-0.15, -0.1) is 0 Å². The number of ether oxygens (including phenoxy) is 1. The van der Waals surface area contributed by atoms with Crippen molar-refractivity contribution in [1.82, 2.24) is 20.0 Å². The Balaban J connectivity index is 0.969. The molecule has 2 heterocycles. The smallest absolute Gasteiger partial charge is 0.407 e. The maximum absolute atomic E-state index is 13.6. The van der Waals surface area contributed by atoms with Gasteiger partial charge in [0.1, 0.15) is 12.6 Å². The minimum Gasteiger partial charge on any atom is -0.480 e. The summed E-state index contributed by atoms with van der Waals surface area (Å²) in [6.07, 6.45) is 0.361. The molecule has 0 fully saturated rings. The van der Waals surface area contributed by atoms with Crippen molar-refractivity contribution in [3.63, 3.8) is 0 Å². The quantitative estimate of drug-likeness (QED) is 0.142. The zero-order valence-corrected chi connectivity index (χ0v) is 28.9. The molecule has 0 spiro atoms. The lowest BCUT2D eigenvalue weighted by Crippen LogP contribution is -2.44. The highest BCUT2D eigenvalue weighted by atomic mass is 16.5. The molecule has 52 heavy (non-hydrogen) atoms. The van der Waals surface area contributed by atoms with Crippen LogP contribution in [0.2, 0.25) is 0 Å². The van der Waals surface area contributed by atoms with Crippen molar-refractivity contribution in [2.75, 3.05) is 40.3 Å². The average molecular weight is 703 g/mol. The molecular weight excluding hydrogens is 664 g/mol. The van der Waals surface area contributed by atoms with E-state index in [1.165, 1.54) is 29.2 Å². The third-order valence-electron chi connectivity index (χ3n) is 10.1. The molecule has 3 aliphatic rings. The molecule has 0 saturated carbocycles. The Labute approximate surface area is 299 Å². The number of nitrogens with zero attached hydrogens (tertiary/aromatic N) is 3. The van der Waals surface area contributed by atoms with Crippen LogP contribution in [0.4, 0.5) is 4.79 Å². The number of amides is 5. The predicted molar refractivity (Wildman–Crippen MR) is 191 cm³/mol. The van der Waals surface area contributed by atoms with E-state index in [0.717, 1.165) is 27.2 Å². The first-order chi connectivity index (χ1) is 25.1. The number of fused-ring (bicyclic) bond motifs is 3. The van der Waals surface area contributed by atoms with E-state index in [1.807, 2.05) is 67.5 Å². The summed E-state index contributed by atoms with van der Waals surface area (Å²) in [5, 5.41) is 12.9. The largest absolute Gasteiger partial charge is 0.480 e. The fraction of sp³-hybridized carbons (Fsp3) is 0.300. The average Bonchev–Trinajstić information content (AvgIpc) is 3.45. The number of imide groups is 2. The summed E-state index contributed by atoms with van der Waals surface area (Å²) in [5.41, 5.74) is 5.22. The van der Waals surface area contributed by atoms with Crippen LogP contribution in [0.25, 0.3) is 21.9 Å². The molecule has 1 aliphatic carbocycles. The Bertz CT molecular complexity index is 2040. The predicted octanol–water partition coefficient (Wildman–Crippen LogP) is 5.15. The molecule has 0 bridgehead atoms. The second-order valence-electron chi connectivity index (χ2n) is 13.6. The second kappa shape index (κ2) is 14.0. The van der Waals surface area contributed by atoms with Gasteiger partial charge in [0.15, 0.2) is 0 Å².